The molecule has 1 saturated carbocycles. The number of amides is 3. The molecule has 3 aromatic rings. The number of carboxylic acid groups (broad SMARTS) is 1. The van der Waals surface area contributed by atoms with E-state index < -0.39 is 12.1 Å². The number of para-hydroxylation sites is 1. The van der Waals surface area contributed by atoms with E-state index in [0.717, 1.165) is 53.4 Å². The first-order valence-electron chi connectivity index (χ1n) is 15.3. The molecule has 0 spiro atoms. The smallest absolute Gasteiger partial charge is 0.405 e. The van der Waals surface area contributed by atoms with Crippen LogP contribution in [-0.4, -0.2) is 83.0 Å². The zero-order valence-electron chi connectivity index (χ0n) is 25.1. The standard InChI is InChI=1S/C33H39N5O6/c1-43-28-12-11-20(18-29(28)44-2)30-24-8-3-4-9-25(24)31(39)38(36-30)22-13-15-37(16-14-22)32(40)27(35-33(41)42)17-21-19-34-26-10-6-5-7-23(21)26/h5-7,10-12,18-19,22,24-25,27,34-35H,3-4,8-9,13-17H2,1-2H3,(H,41,42)/t24-,25+,27-/m1/s1. The van der Waals surface area contributed by atoms with Crippen molar-refractivity contribution < 1.29 is 29.0 Å². The minimum atomic E-state index is -1.24. The number of aromatic nitrogens is 1. The van der Waals surface area contributed by atoms with Gasteiger partial charge in [0.05, 0.1) is 26.0 Å². The fourth-order valence-corrected chi connectivity index (χ4v) is 7.11. The van der Waals surface area contributed by atoms with Gasteiger partial charge in [-0.2, -0.15) is 5.10 Å². The number of hydrogen-bond donors (Lipinski definition) is 3. The zero-order chi connectivity index (χ0) is 30.8. The highest BCUT2D eigenvalue weighted by atomic mass is 16.5. The number of fused-ring (bicyclic) bond motifs is 2. The number of carbonyl (C=O) groups excluding carboxylic acids is 2. The molecule has 44 heavy (non-hydrogen) atoms. The molecule has 1 aliphatic carbocycles. The van der Waals surface area contributed by atoms with Crippen LogP contribution in [0.2, 0.25) is 0 Å². The molecule has 2 fully saturated rings. The Morgan fingerprint density at radius 3 is 2.48 bits per heavy atom. The van der Waals surface area contributed by atoms with Crippen molar-refractivity contribution in [3.05, 3.63) is 59.8 Å². The number of nitrogens with zero attached hydrogens (tertiary/aromatic N) is 3. The lowest BCUT2D eigenvalue weighted by Crippen LogP contribution is -2.55. The van der Waals surface area contributed by atoms with E-state index in [0.29, 0.717) is 37.4 Å². The Kier molecular flexibility index (Phi) is 8.45. The maximum absolute atomic E-state index is 13.8. The van der Waals surface area contributed by atoms with Crippen LogP contribution in [0, 0.1) is 11.8 Å². The first-order valence-corrected chi connectivity index (χ1v) is 15.3. The lowest BCUT2D eigenvalue weighted by molar-refractivity contribution is -0.143. The Hall–Kier alpha value is -4.54. The van der Waals surface area contributed by atoms with Crippen LogP contribution in [0.25, 0.3) is 10.9 Å². The fraction of sp³-hybridized carbons (Fsp3) is 0.455. The molecule has 0 radical (unpaired) electrons. The van der Waals surface area contributed by atoms with E-state index in [-0.39, 0.29) is 36.1 Å². The predicted molar refractivity (Wildman–Crippen MR) is 165 cm³/mol. The van der Waals surface area contributed by atoms with Crippen LogP contribution in [0.5, 0.6) is 11.5 Å². The predicted octanol–water partition coefficient (Wildman–Crippen LogP) is 4.41. The summed E-state index contributed by atoms with van der Waals surface area (Å²) in [5.74, 6) is 0.992. The summed E-state index contributed by atoms with van der Waals surface area (Å²) in [5, 5.41) is 19.6. The van der Waals surface area contributed by atoms with E-state index in [9.17, 15) is 19.5 Å². The summed E-state index contributed by atoms with van der Waals surface area (Å²) in [5.41, 5.74) is 3.63. The Balaban J connectivity index is 1.20. The van der Waals surface area contributed by atoms with Gasteiger partial charge in [-0.15, -0.1) is 0 Å². The van der Waals surface area contributed by atoms with Crippen molar-refractivity contribution in [2.45, 2.75) is 57.0 Å². The number of piperidine rings is 1. The lowest BCUT2D eigenvalue weighted by atomic mass is 9.73. The maximum atomic E-state index is 13.8. The van der Waals surface area contributed by atoms with Crippen LogP contribution < -0.4 is 14.8 Å². The normalized spacial score (nSPS) is 21.4. The van der Waals surface area contributed by atoms with E-state index in [4.69, 9.17) is 14.6 Å². The highest BCUT2D eigenvalue weighted by Gasteiger charge is 2.44. The number of hydrogen-bond acceptors (Lipinski definition) is 6. The monoisotopic (exact) mass is 601 g/mol. The molecule has 2 aliphatic heterocycles. The summed E-state index contributed by atoms with van der Waals surface area (Å²) < 4.78 is 11.0. The van der Waals surface area contributed by atoms with Gasteiger partial charge >= 0.3 is 6.09 Å². The number of ether oxygens (including phenoxy) is 2. The second-order valence-electron chi connectivity index (χ2n) is 11.9. The van der Waals surface area contributed by atoms with Crippen LogP contribution in [0.4, 0.5) is 4.79 Å². The minimum absolute atomic E-state index is 0.0552. The molecular formula is C33H39N5O6. The first-order chi connectivity index (χ1) is 21.4. The number of rotatable bonds is 8. The fourth-order valence-electron chi connectivity index (χ4n) is 7.11. The van der Waals surface area contributed by atoms with Crippen LogP contribution in [0.1, 0.15) is 49.7 Å². The van der Waals surface area contributed by atoms with Gasteiger partial charge < -0.3 is 29.8 Å². The number of nitrogens with one attached hydrogen (secondary N) is 2. The van der Waals surface area contributed by atoms with Gasteiger partial charge in [-0.1, -0.05) is 31.0 Å². The SMILES string of the molecule is COc1ccc(C2=NN(C3CCN(C(=O)[C@@H](Cc4c[nH]c5ccccc45)NC(=O)O)CC3)C(=O)[C@H]3CCCC[C@@H]23)cc1OC. The molecule has 11 nitrogen and oxygen atoms in total. The van der Waals surface area contributed by atoms with E-state index in [2.05, 4.69) is 10.3 Å². The second-order valence-corrected chi connectivity index (χ2v) is 11.9. The number of likely N-dealkylation sites (tertiary alicyclic amines) is 1. The average Bonchev–Trinajstić information content (AvgIpc) is 3.46. The van der Waals surface area contributed by atoms with Crippen molar-refractivity contribution in [2.24, 2.45) is 16.9 Å². The summed E-state index contributed by atoms with van der Waals surface area (Å²) in [4.78, 5) is 44.0. The van der Waals surface area contributed by atoms with Gasteiger partial charge in [0.1, 0.15) is 6.04 Å². The Bertz CT molecular complexity index is 1580. The quantitative estimate of drug-likeness (QED) is 0.350. The molecule has 0 unspecified atom stereocenters. The molecule has 3 aliphatic rings. The Morgan fingerprint density at radius 2 is 1.75 bits per heavy atom. The Morgan fingerprint density at radius 1 is 1.02 bits per heavy atom. The number of H-pyrrole nitrogens is 1. The molecule has 1 saturated heterocycles. The van der Waals surface area contributed by atoms with Gasteiger partial charge in [0.15, 0.2) is 11.5 Å². The van der Waals surface area contributed by atoms with Gasteiger partial charge in [0, 0.05) is 54.0 Å². The van der Waals surface area contributed by atoms with E-state index in [1.54, 1.807) is 24.1 Å². The number of benzene rings is 2. The number of methoxy groups -OCH3 is 2. The Labute approximate surface area is 256 Å². The summed E-state index contributed by atoms with van der Waals surface area (Å²) in [6.45, 7) is 0.822. The largest absolute Gasteiger partial charge is 0.493 e. The second kappa shape index (κ2) is 12.6. The molecule has 232 valence electrons. The molecule has 3 amide bonds. The molecule has 3 heterocycles. The van der Waals surface area contributed by atoms with Crippen molar-refractivity contribution >= 4 is 34.5 Å². The van der Waals surface area contributed by atoms with Crippen molar-refractivity contribution in [1.29, 1.82) is 0 Å². The molecule has 2 aromatic carbocycles. The van der Waals surface area contributed by atoms with Gasteiger partial charge in [-0.05, 0) is 55.5 Å². The molecule has 3 N–H and O–H groups in total. The average molecular weight is 602 g/mol. The van der Waals surface area contributed by atoms with E-state index >= 15 is 0 Å². The summed E-state index contributed by atoms with van der Waals surface area (Å²) in [7, 11) is 3.21. The topological polar surface area (TPSA) is 137 Å². The van der Waals surface area contributed by atoms with E-state index in [1.807, 2.05) is 48.7 Å². The van der Waals surface area contributed by atoms with E-state index in [1.165, 1.54) is 0 Å². The third kappa shape index (κ3) is 5.70. The highest BCUT2D eigenvalue weighted by molar-refractivity contribution is 6.07. The van der Waals surface area contributed by atoms with Crippen molar-refractivity contribution in [2.75, 3.05) is 27.3 Å². The number of carbonyl (C=O) groups is 3. The molecular weight excluding hydrogens is 562 g/mol. The van der Waals surface area contributed by atoms with Crippen molar-refractivity contribution in [3.63, 3.8) is 0 Å². The van der Waals surface area contributed by atoms with Gasteiger partial charge in [-0.3, -0.25) is 9.59 Å². The lowest BCUT2D eigenvalue weighted by Gasteiger charge is -2.43. The summed E-state index contributed by atoms with van der Waals surface area (Å²) in [6, 6.07) is 12.5. The highest BCUT2D eigenvalue weighted by Crippen LogP contribution is 2.40. The van der Waals surface area contributed by atoms with Crippen LogP contribution in [0.3, 0.4) is 0 Å². The summed E-state index contributed by atoms with van der Waals surface area (Å²) in [6.07, 6.45) is 5.77. The molecule has 6 rings (SSSR count). The molecule has 11 heteroatoms. The van der Waals surface area contributed by atoms with Crippen molar-refractivity contribution in [1.82, 2.24) is 20.2 Å². The van der Waals surface area contributed by atoms with Gasteiger partial charge in [0.25, 0.3) is 0 Å². The molecule has 3 atom stereocenters. The molecule has 1 aromatic heterocycles. The number of hydrazone groups is 1. The first kappa shape index (κ1) is 29.5. The van der Waals surface area contributed by atoms with Gasteiger partial charge in [0.2, 0.25) is 11.8 Å². The van der Waals surface area contributed by atoms with Crippen LogP contribution in [-0.2, 0) is 16.0 Å². The summed E-state index contributed by atoms with van der Waals surface area (Å²) >= 11 is 0. The van der Waals surface area contributed by atoms with Crippen LogP contribution in [0.15, 0.2) is 53.8 Å². The van der Waals surface area contributed by atoms with Crippen molar-refractivity contribution in [3.8, 4) is 11.5 Å². The zero-order valence-corrected chi connectivity index (χ0v) is 25.1. The maximum Gasteiger partial charge on any atom is 0.405 e. The van der Waals surface area contributed by atoms with Crippen LogP contribution >= 0.6 is 0 Å². The third-order valence-corrected chi connectivity index (χ3v) is 9.37. The number of aromatic amines is 1. The van der Waals surface area contributed by atoms with Gasteiger partial charge in [-0.25, -0.2) is 9.80 Å². The minimum Gasteiger partial charge on any atom is -0.493 e. The third-order valence-electron chi connectivity index (χ3n) is 9.37. The molecule has 0 bridgehead atoms.